The van der Waals surface area contributed by atoms with Crippen LogP contribution in [0.4, 0.5) is 4.39 Å². The van der Waals surface area contributed by atoms with Gasteiger partial charge in [0.25, 0.3) is 5.91 Å². The summed E-state index contributed by atoms with van der Waals surface area (Å²) in [7, 11) is 0. The van der Waals surface area contributed by atoms with Crippen molar-refractivity contribution in [2.75, 3.05) is 19.7 Å². The molecule has 2 fully saturated rings. The predicted molar refractivity (Wildman–Crippen MR) is 93.6 cm³/mol. The van der Waals surface area contributed by atoms with E-state index in [9.17, 15) is 9.18 Å². The van der Waals surface area contributed by atoms with E-state index >= 15 is 0 Å². The molecule has 4 nitrogen and oxygen atoms in total. The van der Waals surface area contributed by atoms with E-state index in [0.29, 0.717) is 12.5 Å². The first-order valence-electron chi connectivity index (χ1n) is 8.54. The SMILES string of the molecule is Cl.N[C@@H]1CCCO[C@H]1C(=O)N1CCC[C@@H](Cc2ccc(F)cc2)C1. The number of hydrogen-bond acceptors (Lipinski definition) is 3. The van der Waals surface area contributed by atoms with Gasteiger partial charge in [0.15, 0.2) is 6.10 Å². The molecule has 0 unspecified atom stereocenters. The molecule has 0 bridgehead atoms. The Morgan fingerprint density at radius 1 is 1.25 bits per heavy atom. The number of piperidine rings is 1. The number of likely N-dealkylation sites (tertiary alicyclic amines) is 1. The van der Waals surface area contributed by atoms with Gasteiger partial charge in [-0.1, -0.05) is 12.1 Å². The standard InChI is InChI=1S/C18H25FN2O2.ClH/c19-15-7-5-13(6-8-15)11-14-3-1-9-21(12-14)18(22)17-16(20)4-2-10-23-17;/h5-8,14,16-17H,1-4,9-12,20H2;1H/t14-,16+,17+;/m0./s1. The minimum atomic E-state index is -0.478. The van der Waals surface area contributed by atoms with Crippen molar-refractivity contribution >= 4 is 18.3 Å². The monoisotopic (exact) mass is 356 g/mol. The molecule has 134 valence electrons. The molecular formula is C18H26ClFN2O2. The van der Waals surface area contributed by atoms with E-state index in [1.54, 1.807) is 0 Å². The van der Waals surface area contributed by atoms with Crippen molar-refractivity contribution in [1.82, 2.24) is 4.90 Å². The maximum atomic E-state index is 13.0. The highest BCUT2D eigenvalue weighted by molar-refractivity contribution is 5.85. The molecule has 1 aromatic carbocycles. The van der Waals surface area contributed by atoms with Crippen LogP contribution in [0.2, 0.25) is 0 Å². The lowest BCUT2D eigenvalue weighted by Gasteiger charge is -2.37. The Bertz CT molecular complexity index is 540. The Morgan fingerprint density at radius 3 is 2.71 bits per heavy atom. The van der Waals surface area contributed by atoms with Crippen LogP contribution >= 0.6 is 12.4 Å². The summed E-state index contributed by atoms with van der Waals surface area (Å²) in [6, 6.07) is 6.46. The lowest BCUT2D eigenvalue weighted by molar-refractivity contribution is -0.149. The van der Waals surface area contributed by atoms with Gasteiger partial charge in [-0.05, 0) is 55.7 Å². The first-order chi connectivity index (χ1) is 11.1. The van der Waals surface area contributed by atoms with E-state index < -0.39 is 6.10 Å². The van der Waals surface area contributed by atoms with E-state index in [-0.39, 0.29) is 30.2 Å². The summed E-state index contributed by atoms with van der Waals surface area (Å²) < 4.78 is 18.6. The second-order valence-electron chi connectivity index (χ2n) is 6.72. The van der Waals surface area contributed by atoms with Gasteiger partial charge in [-0.15, -0.1) is 12.4 Å². The van der Waals surface area contributed by atoms with Crippen molar-refractivity contribution in [3.05, 3.63) is 35.6 Å². The molecule has 24 heavy (non-hydrogen) atoms. The zero-order chi connectivity index (χ0) is 16.2. The molecular weight excluding hydrogens is 331 g/mol. The Hall–Kier alpha value is -1.17. The van der Waals surface area contributed by atoms with E-state index in [1.165, 1.54) is 12.1 Å². The van der Waals surface area contributed by atoms with Crippen LogP contribution in [0.3, 0.4) is 0 Å². The maximum Gasteiger partial charge on any atom is 0.253 e. The number of halogens is 2. The lowest BCUT2D eigenvalue weighted by Crippen LogP contribution is -2.53. The van der Waals surface area contributed by atoms with E-state index in [0.717, 1.165) is 50.8 Å². The summed E-state index contributed by atoms with van der Waals surface area (Å²) in [6.45, 7) is 2.14. The number of rotatable bonds is 3. The van der Waals surface area contributed by atoms with Crippen molar-refractivity contribution in [2.45, 2.75) is 44.2 Å². The molecule has 0 radical (unpaired) electrons. The molecule has 6 heteroatoms. The zero-order valence-electron chi connectivity index (χ0n) is 13.8. The quantitative estimate of drug-likeness (QED) is 0.905. The van der Waals surface area contributed by atoms with Gasteiger partial charge in [-0.2, -0.15) is 0 Å². The van der Waals surface area contributed by atoms with Gasteiger partial charge < -0.3 is 15.4 Å². The smallest absolute Gasteiger partial charge is 0.253 e. The Balaban J connectivity index is 0.00000208. The number of carbonyl (C=O) groups excluding carboxylic acids is 1. The van der Waals surface area contributed by atoms with Crippen LogP contribution in [0.15, 0.2) is 24.3 Å². The molecule has 1 aromatic rings. The van der Waals surface area contributed by atoms with Gasteiger partial charge in [0.1, 0.15) is 5.82 Å². The van der Waals surface area contributed by atoms with Crippen LogP contribution in [0.1, 0.15) is 31.2 Å². The number of ether oxygens (including phenoxy) is 1. The van der Waals surface area contributed by atoms with Gasteiger partial charge in [-0.25, -0.2) is 4.39 Å². The molecule has 2 aliphatic rings. The molecule has 2 N–H and O–H groups in total. The van der Waals surface area contributed by atoms with Crippen LogP contribution in [0, 0.1) is 11.7 Å². The Kier molecular flexibility index (Phi) is 7.02. The summed E-state index contributed by atoms with van der Waals surface area (Å²) >= 11 is 0. The molecule has 0 aromatic heterocycles. The third-order valence-electron chi connectivity index (χ3n) is 4.88. The van der Waals surface area contributed by atoms with Crippen molar-refractivity contribution in [2.24, 2.45) is 11.7 Å². The molecule has 1 amide bonds. The van der Waals surface area contributed by atoms with Gasteiger partial charge in [-0.3, -0.25) is 4.79 Å². The fourth-order valence-corrected chi connectivity index (χ4v) is 3.62. The van der Waals surface area contributed by atoms with Crippen LogP contribution in [0.25, 0.3) is 0 Å². The van der Waals surface area contributed by atoms with Gasteiger partial charge >= 0.3 is 0 Å². The fourth-order valence-electron chi connectivity index (χ4n) is 3.62. The van der Waals surface area contributed by atoms with Crippen LogP contribution in [-0.4, -0.2) is 42.6 Å². The summed E-state index contributed by atoms with van der Waals surface area (Å²) in [4.78, 5) is 14.6. The van der Waals surface area contributed by atoms with Gasteiger partial charge in [0, 0.05) is 25.7 Å². The minimum Gasteiger partial charge on any atom is -0.367 e. The highest BCUT2D eigenvalue weighted by Crippen LogP contribution is 2.23. The Morgan fingerprint density at radius 2 is 2.00 bits per heavy atom. The molecule has 2 aliphatic heterocycles. The second kappa shape index (κ2) is 8.79. The number of benzene rings is 1. The van der Waals surface area contributed by atoms with Crippen molar-refractivity contribution in [3.8, 4) is 0 Å². The van der Waals surface area contributed by atoms with Crippen molar-refractivity contribution in [3.63, 3.8) is 0 Å². The normalized spacial score (nSPS) is 27.4. The second-order valence-corrected chi connectivity index (χ2v) is 6.72. The lowest BCUT2D eigenvalue weighted by atomic mass is 9.90. The van der Waals surface area contributed by atoms with Gasteiger partial charge in [0.2, 0.25) is 0 Å². The number of hydrogen-bond donors (Lipinski definition) is 1. The molecule has 2 heterocycles. The number of carbonyl (C=O) groups is 1. The van der Waals surface area contributed by atoms with E-state index in [1.807, 2.05) is 17.0 Å². The van der Waals surface area contributed by atoms with E-state index in [4.69, 9.17) is 10.5 Å². The van der Waals surface area contributed by atoms with Crippen LogP contribution in [0.5, 0.6) is 0 Å². The molecule has 3 atom stereocenters. The molecule has 3 rings (SSSR count). The molecule has 2 saturated heterocycles. The van der Waals surface area contributed by atoms with Crippen molar-refractivity contribution in [1.29, 1.82) is 0 Å². The third-order valence-corrected chi connectivity index (χ3v) is 4.88. The zero-order valence-corrected chi connectivity index (χ0v) is 14.6. The third kappa shape index (κ3) is 4.68. The Labute approximate surface area is 148 Å². The average Bonchev–Trinajstić information content (AvgIpc) is 2.57. The topological polar surface area (TPSA) is 55.6 Å². The summed E-state index contributed by atoms with van der Waals surface area (Å²) in [5.74, 6) is 0.247. The summed E-state index contributed by atoms with van der Waals surface area (Å²) in [5, 5.41) is 0. The fraction of sp³-hybridized carbons (Fsp3) is 0.611. The maximum absolute atomic E-state index is 13.0. The average molecular weight is 357 g/mol. The molecule has 0 aliphatic carbocycles. The molecule has 0 saturated carbocycles. The number of nitrogens with zero attached hydrogens (tertiary/aromatic N) is 1. The summed E-state index contributed by atoms with van der Waals surface area (Å²) in [5.41, 5.74) is 7.17. The van der Waals surface area contributed by atoms with Crippen LogP contribution < -0.4 is 5.73 Å². The van der Waals surface area contributed by atoms with Gasteiger partial charge in [0.05, 0.1) is 0 Å². The number of nitrogens with two attached hydrogens (primary N) is 1. The highest BCUT2D eigenvalue weighted by atomic mass is 35.5. The summed E-state index contributed by atoms with van der Waals surface area (Å²) in [6.07, 6.45) is 4.27. The predicted octanol–water partition coefficient (Wildman–Crippen LogP) is 2.53. The van der Waals surface area contributed by atoms with E-state index in [2.05, 4.69) is 0 Å². The first-order valence-corrected chi connectivity index (χ1v) is 8.54. The molecule has 0 spiro atoms. The minimum absolute atomic E-state index is 0. The highest BCUT2D eigenvalue weighted by Gasteiger charge is 2.34. The van der Waals surface area contributed by atoms with Crippen molar-refractivity contribution < 1.29 is 13.9 Å². The first kappa shape index (κ1) is 19.2. The largest absolute Gasteiger partial charge is 0.367 e. The van der Waals surface area contributed by atoms with Crippen LogP contribution in [-0.2, 0) is 16.0 Å². The number of amides is 1.